The number of esters is 1. The summed E-state index contributed by atoms with van der Waals surface area (Å²) in [6.45, 7) is 12.3. The van der Waals surface area contributed by atoms with Gasteiger partial charge in [0.25, 0.3) is 0 Å². The Bertz CT molecular complexity index is 427. The van der Waals surface area contributed by atoms with Crippen molar-refractivity contribution in [2.75, 3.05) is 7.11 Å². The Kier molecular flexibility index (Phi) is 4.20. The van der Waals surface area contributed by atoms with E-state index in [2.05, 4.69) is 18.8 Å². The molecule has 1 aromatic rings. The summed E-state index contributed by atoms with van der Waals surface area (Å²) in [5.41, 5.74) is 0.416. The second-order valence-electron chi connectivity index (χ2n) is 6.00. The summed E-state index contributed by atoms with van der Waals surface area (Å²) in [7, 11) is 1.35. The highest BCUT2D eigenvalue weighted by Gasteiger charge is 2.31. The van der Waals surface area contributed by atoms with Crippen molar-refractivity contribution in [1.29, 1.82) is 0 Å². The minimum atomic E-state index is -0.463. The highest BCUT2D eigenvalue weighted by Crippen LogP contribution is 2.31. The van der Waals surface area contributed by atoms with Crippen LogP contribution >= 0.6 is 0 Å². The van der Waals surface area contributed by atoms with Crippen LogP contribution in [0, 0.1) is 5.92 Å². The summed E-state index contributed by atoms with van der Waals surface area (Å²) in [4.78, 5) is 16.2. The monoisotopic (exact) mass is 253 g/mol. The lowest BCUT2D eigenvalue weighted by atomic mass is 9.91. The summed E-state index contributed by atoms with van der Waals surface area (Å²) in [6, 6.07) is 0. The molecule has 4 heteroatoms. The maximum atomic E-state index is 11.7. The molecule has 1 atom stereocenters. The normalized spacial score (nSPS) is 13.8. The largest absolute Gasteiger partial charge is 0.463 e. The third-order valence-electron chi connectivity index (χ3n) is 3.11. The molecule has 102 valence electrons. The van der Waals surface area contributed by atoms with E-state index in [1.165, 1.54) is 7.11 Å². The van der Waals surface area contributed by atoms with E-state index >= 15 is 0 Å². The Labute approximate surface area is 109 Å². The van der Waals surface area contributed by atoms with E-state index in [9.17, 15) is 4.79 Å². The predicted octanol–water partition coefficient (Wildman–Crippen LogP) is 3.52. The van der Waals surface area contributed by atoms with Crippen molar-refractivity contribution in [3.8, 4) is 0 Å². The number of carbonyl (C=O) groups is 1. The fourth-order valence-corrected chi connectivity index (χ4v) is 1.56. The molecule has 0 aliphatic rings. The quantitative estimate of drug-likeness (QED) is 0.773. The van der Waals surface area contributed by atoms with Crippen molar-refractivity contribution < 1.29 is 13.9 Å². The first kappa shape index (κ1) is 14.7. The average molecular weight is 253 g/mol. The van der Waals surface area contributed by atoms with Crippen molar-refractivity contribution in [2.45, 2.75) is 52.9 Å². The SMILES string of the molecule is COC(=O)c1oc(C(C)C(C)C)nc1C(C)(C)C. The Balaban J connectivity index is 3.28. The lowest BCUT2D eigenvalue weighted by molar-refractivity contribution is 0.0558. The van der Waals surface area contributed by atoms with Gasteiger partial charge in [-0.1, -0.05) is 41.5 Å². The molecule has 0 spiro atoms. The van der Waals surface area contributed by atoms with E-state index in [-0.39, 0.29) is 17.1 Å². The Morgan fingerprint density at radius 2 is 1.83 bits per heavy atom. The zero-order chi connectivity index (χ0) is 14.1. The van der Waals surface area contributed by atoms with Gasteiger partial charge in [0, 0.05) is 11.3 Å². The fraction of sp³-hybridized carbons (Fsp3) is 0.714. The molecule has 0 bridgehead atoms. The highest BCUT2D eigenvalue weighted by molar-refractivity contribution is 5.87. The second kappa shape index (κ2) is 5.12. The summed E-state index contributed by atoms with van der Waals surface area (Å²) < 4.78 is 10.4. The van der Waals surface area contributed by atoms with Gasteiger partial charge < -0.3 is 9.15 Å². The highest BCUT2D eigenvalue weighted by atomic mass is 16.5. The molecule has 1 unspecified atom stereocenters. The van der Waals surface area contributed by atoms with Crippen molar-refractivity contribution in [3.05, 3.63) is 17.3 Å². The molecule has 4 nitrogen and oxygen atoms in total. The smallest absolute Gasteiger partial charge is 0.376 e. The summed E-state index contributed by atoms with van der Waals surface area (Å²) in [5, 5.41) is 0. The lowest BCUT2D eigenvalue weighted by Gasteiger charge is -2.15. The fourth-order valence-electron chi connectivity index (χ4n) is 1.56. The van der Waals surface area contributed by atoms with Crippen LogP contribution in [0.2, 0.25) is 0 Å². The van der Waals surface area contributed by atoms with Crippen LogP contribution in [0.4, 0.5) is 0 Å². The van der Waals surface area contributed by atoms with Crippen LogP contribution in [0.1, 0.15) is 69.6 Å². The minimum Gasteiger partial charge on any atom is -0.463 e. The minimum absolute atomic E-state index is 0.171. The number of aromatic nitrogens is 1. The van der Waals surface area contributed by atoms with Gasteiger partial charge >= 0.3 is 5.97 Å². The molecule has 0 amide bonds. The van der Waals surface area contributed by atoms with E-state index < -0.39 is 5.97 Å². The van der Waals surface area contributed by atoms with E-state index in [0.29, 0.717) is 17.5 Å². The molecule has 0 aliphatic heterocycles. The molecule has 0 N–H and O–H groups in total. The number of oxazole rings is 1. The molecule has 0 radical (unpaired) electrons. The first-order valence-electron chi connectivity index (χ1n) is 6.28. The van der Waals surface area contributed by atoms with Crippen LogP contribution in [0.3, 0.4) is 0 Å². The van der Waals surface area contributed by atoms with Gasteiger partial charge in [-0.2, -0.15) is 0 Å². The lowest BCUT2D eigenvalue weighted by Crippen LogP contribution is -2.17. The van der Waals surface area contributed by atoms with E-state index in [1.807, 2.05) is 27.7 Å². The summed E-state index contributed by atoms with van der Waals surface area (Å²) >= 11 is 0. The van der Waals surface area contributed by atoms with Crippen LogP contribution in [0.5, 0.6) is 0 Å². The standard InChI is InChI=1S/C14H23NO3/c1-8(2)9(3)12-15-11(14(4,5)6)10(18-12)13(16)17-7/h8-9H,1-7H3. The zero-order valence-corrected chi connectivity index (χ0v) is 12.3. The van der Waals surface area contributed by atoms with Gasteiger partial charge in [-0.15, -0.1) is 0 Å². The molecule has 1 aromatic heterocycles. The number of carbonyl (C=O) groups excluding carboxylic acids is 1. The van der Waals surface area contributed by atoms with Gasteiger partial charge in [-0.05, 0) is 5.92 Å². The van der Waals surface area contributed by atoms with Crippen LogP contribution in [0.15, 0.2) is 4.42 Å². The molecule has 0 saturated carbocycles. The zero-order valence-electron chi connectivity index (χ0n) is 12.3. The van der Waals surface area contributed by atoms with Crippen molar-refractivity contribution in [1.82, 2.24) is 4.98 Å². The van der Waals surface area contributed by atoms with E-state index in [0.717, 1.165) is 0 Å². The maximum absolute atomic E-state index is 11.7. The summed E-state index contributed by atoms with van der Waals surface area (Å²) in [6.07, 6.45) is 0. The van der Waals surface area contributed by atoms with Gasteiger partial charge in [0.1, 0.15) is 0 Å². The van der Waals surface area contributed by atoms with Crippen LogP contribution in [-0.4, -0.2) is 18.1 Å². The number of nitrogens with zero attached hydrogens (tertiary/aromatic N) is 1. The number of ether oxygens (including phenoxy) is 1. The van der Waals surface area contributed by atoms with E-state index in [4.69, 9.17) is 9.15 Å². The molecule has 1 heterocycles. The number of rotatable bonds is 3. The Hall–Kier alpha value is -1.32. The Morgan fingerprint density at radius 3 is 2.22 bits per heavy atom. The topological polar surface area (TPSA) is 52.3 Å². The molecule has 1 rings (SSSR count). The molecule has 0 fully saturated rings. The predicted molar refractivity (Wildman–Crippen MR) is 69.8 cm³/mol. The average Bonchev–Trinajstić information content (AvgIpc) is 2.71. The van der Waals surface area contributed by atoms with Crippen LogP contribution in [-0.2, 0) is 10.2 Å². The Morgan fingerprint density at radius 1 is 1.28 bits per heavy atom. The molecule has 0 aromatic carbocycles. The van der Waals surface area contributed by atoms with E-state index in [1.54, 1.807) is 0 Å². The van der Waals surface area contributed by atoms with Gasteiger partial charge in [0.15, 0.2) is 5.89 Å². The third kappa shape index (κ3) is 2.92. The van der Waals surface area contributed by atoms with Gasteiger partial charge in [-0.3, -0.25) is 0 Å². The molecule has 0 aliphatic carbocycles. The number of hydrogen-bond acceptors (Lipinski definition) is 4. The van der Waals surface area contributed by atoms with Crippen LogP contribution < -0.4 is 0 Å². The van der Waals surface area contributed by atoms with Gasteiger partial charge in [0.05, 0.1) is 12.8 Å². The number of methoxy groups -OCH3 is 1. The molecular formula is C14H23NO3. The first-order chi connectivity index (χ1) is 8.18. The number of hydrogen-bond donors (Lipinski definition) is 0. The maximum Gasteiger partial charge on any atom is 0.376 e. The summed E-state index contributed by atoms with van der Waals surface area (Å²) in [5.74, 6) is 0.948. The van der Waals surface area contributed by atoms with Crippen molar-refractivity contribution in [2.24, 2.45) is 5.92 Å². The molecule has 18 heavy (non-hydrogen) atoms. The molecular weight excluding hydrogens is 230 g/mol. The first-order valence-corrected chi connectivity index (χ1v) is 6.28. The van der Waals surface area contributed by atoms with Crippen LogP contribution in [0.25, 0.3) is 0 Å². The third-order valence-corrected chi connectivity index (χ3v) is 3.11. The van der Waals surface area contributed by atoms with Gasteiger partial charge in [0.2, 0.25) is 5.76 Å². The van der Waals surface area contributed by atoms with Gasteiger partial charge in [-0.25, -0.2) is 9.78 Å². The van der Waals surface area contributed by atoms with Crippen molar-refractivity contribution in [3.63, 3.8) is 0 Å². The van der Waals surface area contributed by atoms with Crippen molar-refractivity contribution >= 4 is 5.97 Å². The molecule has 0 saturated heterocycles. The second-order valence-corrected chi connectivity index (χ2v) is 6.00.